The van der Waals surface area contributed by atoms with Crippen LogP contribution in [-0.4, -0.2) is 21.6 Å². The van der Waals surface area contributed by atoms with Crippen LogP contribution >= 0.6 is 0 Å². The van der Waals surface area contributed by atoms with Crippen molar-refractivity contribution in [2.45, 2.75) is 106 Å². The Kier molecular flexibility index (Phi) is 11.5. The van der Waals surface area contributed by atoms with Crippen molar-refractivity contribution in [2.24, 2.45) is 11.8 Å². The van der Waals surface area contributed by atoms with Gasteiger partial charge in [0, 0.05) is 11.8 Å². The van der Waals surface area contributed by atoms with Gasteiger partial charge in [-0.2, -0.15) is 0 Å². The Balaban J connectivity index is 2.06. The molecule has 2 N–H and O–H groups in total. The zero-order chi connectivity index (χ0) is 32.0. The third-order valence-corrected chi connectivity index (χ3v) is 8.04. The molecule has 3 rings (SSSR count). The predicted molar refractivity (Wildman–Crippen MR) is 176 cm³/mol. The van der Waals surface area contributed by atoms with Crippen LogP contribution in [0.15, 0.2) is 53.5 Å². The maximum absolute atomic E-state index is 14.1. The molecule has 3 aromatic rings. The summed E-state index contributed by atoms with van der Waals surface area (Å²) in [5.41, 5.74) is 7.85. The number of aromatic nitrogens is 1. The molecule has 0 radical (unpaired) electrons. The lowest BCUT2D eigenvalue weighted by atomic mass is 9.91. The van der Waals surface area contributed by atoms with E-state index in [0.717, 1.165) is 46.2 Å². The number of carbonyl (C=O) groups is 2. The minimum absolute atomic E-state index is 0.0108. The van der Waals surface area contributed by atoms with E-state index >= 15 is 0 Å². The summed E-state index contributed by atoms with van der Waals surface area (Å²) in [6.07, 6.45) is 3.83. The first-order chi connectivity index (χ1) is 20.2. The lowest BCUT2D eigenvalue weighted by Crippen LogP contribution is -2.41. The van der Waals surface area contributed by atoms with Gasteiger partial charge in [0.1, 0.15) is 6.04 Å². The number of amides is 1. The third kappa shape index (κ3) is 8.92. The van der Waals surface area contributed by atoms with Gasteiger partial charge in [0.15, 0.2) is 0 Å². The van der Waals surface area contributed by atoms with Gasteiger partial charge in [0.25, 0.3) is 5.56 Å². The first kappa shape index (κ1) is 33.8. The van der Waals surface area contributed by atoms with Gasteiger partial charge in [-0.15, -0.1) is 0 Å². The van der Waals surface area contributed by atoms with Crippen molar-refractivity contribution < 1.29 is 14.7 Å². The molecule has 0 fully saturated rings. The normalized spacial score (nSPS) is 13.0. The van der Waals surface area contributed by atoms with E-state index in [-0.39, 0.29) is 29.7 Å². The molecule has 1 amide bonds. The average molecular weight is 587 g/mol. The second kappa shape index (κ2) is 14.7. The zero-order valence-corrected chi connectivity index (χ0v) is 27.5. The number of hydrogen-bond acceptors (Lipinski definition) is 3. The number of aliphatic carboxylic acids is 1. The van der Waals surface area contributed by atoms with Crippen molar-refractivity contribution in [3.8, 4) is 11.1 Å². The van der Waals surface area contributed by atoms with E-state index < -0.39 is 18.1 Å². The number of nitrogens with zero attached hydrogens (tertiary/aromatic N) is 1. The van der Waals surface area contributed by atoms with Crippen LogP contribution in [0, 0.1) is 32.6 Å². The van der Waals surface area contributed by atoms with Gasteiger partial charge >= 0.3 is 5.97 Å². The second-order valence-corrected chi connectivity index (χ2v) is 13.3. The van der Waals surface area contributed by atoms with Crippen LogP contribution in [0.3, 0.4) is 0 Å². The van der Waals surface area contributed by atoms with Crippen LogP contribution in [0.2, 0.25) is 0 Å². The second-order valence-electron chi connectivity index (χ2n) is 13.3. The predicted octanol–water partition coefficient (Wildman–Crippen LogP) is 8.07. The van der Waals surface area contributed by atoms with Crippen molar-refractivity contribution in [3.63, 3.8) is 0 Å². The lowest BCUT2D eigenvalue weighted by molar-refractivity contribution is -0.138. The summed E-state index contributed by atoms with van der Waals surface area (Å²) in [7, 11) is 0. The van der Waals surface area contributed by atoms with E-state index in [1.165, 1.54) is 5.56 Å². The van der Waals surface area contributed by atoms with E-state index in [1.807, 2.05) is 64.2 Å². The van der Waals surface area contributed by atoms with Crippen LogP contribution in [-0.2, 0) is 16.0 Å². The van der Waals surface area contributed by atoms with Gasteiger partial charge in [0.2, 0.25) is 5.91 Å². The monoisotopic (exact) mass is 586 g/mol. The SMILES string of the molecule is Cc1cc(C)c(-c2cccc([C@H](CC(=O)O)NC(=O)[C@H](CC(C)C)n3cc(CCC(C)C)cc(C(C)C)c3=O)c2)c(C)c1. The molecule has 1 aromatic heterocycles. The highest BCUT2D eigenvalue weighted by Gasteiger charge is 2.28. The van der Waals surface area contributed by atoms with Crippen LogP contribution in [0.4, 0.5) is 0 Å². The molecule has 2 aromatic carbocycles. The van der Waals surface area contributed by atoms with Crippen molar-refractivity contribution in [2.75, 3.05) is 0 Å². The summed E-state index contributed by atoms with van der Waals surface area (Å²) in [6.45, 7) is 18.6. The largest absolute Gasteiger partial charge is 0.481 e. The van der Waals surface area contributed by atoms with E-state index in [2.05, 4.69) is 52.1 Å². The average Bonchev–Trinajstić information content (AvgIpc) is 2.90. The summed E-state index contributed by atoms with van der Waals surface area (Å²) in [5.74, 6) is -0.688. The molecule has 0 unspecified atom stereocenters. The number of hydrogen-bond donors (Lipinski definition) is 2. The van der Waals surface area contributed by atoms with Crippen molar-refractivity contribution in [1.82, 2.24) is 9.88 Å². The fourth-order valence-corrected chi connectivity index (χ4v) is 5.96. The van der Waals surface area contributed by atoms with Gasteiger partial charge in [-0.25, -0.2) is 0 Å². The highest BCUT2D eigenvalue weighted by molar-refractivity contribution is 5.82. The Bertz CT molecular complexity index is 1480. The van der Waals surface area contributed by atoms with Crippen LogP contribution in [0.5, 0.6) is 0 Å². The van der Waals surface area contributed by atoms with E-state index in [9.17, 15) is 19.5 Å². The fraction of sp³-hybridized carbons (Fsp3) is 0.486. The third-order valence-electron chi connectivity index (χ3n) is 8.04. The van der Waals surface area contributed by atoms with Gasteiger partial charge < -0.3 is 15.0 Å². The molecular formula is C37H50N2O4. The zero-order valence-electron chi connectivity index (χ0n) is 27.5. The van der Waals surface area contributed by atoms with Crippen LogP contribution in [0.25, 0.3) is 11.1 Å². The highest BCUT2D eigenvalue weighted by Crippen LogP contribution is 2.31. The number of rotatable bonds is 13. The molecule has 0 aliphatic rings. The Morgan fingerprint density at radius 1 is 0.907 bits per heavy atom. The standard InChI is InChI=1S/C37H50N2O4/c1-22(2)13-14-28-18-31(24(5)6)37(43)39(21-28)33(15-23(3)4)36(42)38-32(20-34(40)41)29-11-10-12-30(19-29)35-26(8)16-25(7)17-27(35)9/h10-12,16-19,21-24,32-33H,13-15,20H2,1-9H3,(H,38,42)(H,40,41)/t32-,33-/m0/s1. The number of aryl methyl sites for hydroxylation is 4. The van der Waals surface area contributed by atoms with E-state index in [1.54, 1.807) is 4.57 Å². The number of carboxylic acid groups (broad SMARTS) is 1. The summed E-state index contributed by atoms with van der Waals surface area (Å²) >= 11 is 0. The molecule has 2 atom stereocenters. The van der Waals surface area contributed by atoms with E-state index in [0.29, 0.717) is 17.9 Å². The Morgan fingerprint density at radius 3 is 2.12 bits per heavy atom. The van der Waals surface area contributed by atoms with Gasteiger partial charge in [-0.1, -0.05) is 77.4 Å². The Labute approximate surface area is 257 Å². The number of nitrogens with one attached hydrogen (secondary N) is 1. The smallest absolute Gasteiger partial charge is 0.305 e. The maximum Gasteiger partial charge on any atom is 0.305 e. The Hall–Kier alpha value is -3.67. The molecule has 1 heterocycles. The first-order valence-electron chi connectivity index (χ1n) is 15.6. The van der Waals surface area contributed by atoms with E-state index in [4.69, 9.17) is 0 Å². The minimum atomic E-state index is -1.01. The maximum atomic E-state index is 14.1. The summed E-state index contributed by atoms with van der Waals surface area (Å²) in [6, 6.07) is 12.5. The molecular weight excluding hydrogens is 536 g/mol. The van der Waals surface area contributed by atoms with Crippen LogP contribution < -0.4 is 10.9 Å². The fourth-order valence-electron chi connectivity index (χ4n) is 5.96. The molecule has 0 aliphatic carbocycles. The summed E-state index contributed by atoms with van der Waals surface area (Å²) < 4.78 is 1.60. The van der Waals surface area contributed by atoms with Gasteiger partial charge in [-0.3, -0.25) is 14.4 Å². The summed E-state index contributed by atoms with van der Waals surface area (Å²) in [4.78, 5) is 39.9. The molecule has 6 heteroatoms. The molecule has 232 valence electrons. The van der Waals surface area contributed by atoms with Gasteiger partial charge in [0.05, 0.1) is 12.5 Å². The van der Waals surface area contributed by atoms with Crippen molar-refractivity contribution in [1.29, 1.82) is 0 Å². The van der Waals surface area contributed by atoms with Crippen molar-refractivity contribution >= 4 is 11.9 Å². The molecule has 0 aliphatic heterocycles. The molecule has 0 spiro atoms. The number of carboxylic acids is 1. The number of carbonyl (C=O) groups excluding carboxylic acids is 1. The first-order valence-corrected chi connectivity index (χ1v) is 15.6. The molecule has 6 nitrogen and oxygen atoms in total. The minimum Gasteiger partial charge on any atom is -0.481 e. The molecule has 0 bridgehead atoms. The molecule has 0 saturated carbocycles. The number of pyridine rings is 1. The quantitative estimate of drug-likeness (QED) is 0.212. The topological polar surface area (TPSA) is 88.4 Å². The molecule has 43 heavy (non-hydrogen) atoms. The number of benzene rings is 2. The molecule has 0 saturated heterocycles. The van der Waals surface area contributed by atoms with Crippen molar-refractivity contribution in [3.05, 3.63) is 92.4 Å². The summed E-state index contributed by atoms with van der Waals surface area (Å²) in [5, 5.41) is 12.9. The Morgan fingerprint density at radius 2 is 1.56 bits per heavy atom. The van der Waals surface area contributed by atoms with Gasteiger partial charge in [-0.05, 0) is 103 Å². The lowest BCUT2D eigenvalue weighted by Gasteiger charge is -2.26. The van der Waals surface area contributed by atoms with Crippen LogP contribution in [0.1, 0.15) is 112 Å². The highest BCUT2D eigenvalue weighted by atomic mass is 16.4.